The fraction of sp³-hybridized carbons (Fsp3) is 0.500. The minimum absolute atomic E-state index is 0.219. The van der Waals surface area contributed by atoms with E-state index in [0.717, 1.165) is 19.4 Å². The molecule has 1 atom stereocenters. The number of halogens is 1. The van der Waals surface area contributed by atoms with Gasteiger partial charge in [-0.2, -0.15) is 4.39 Å². The first-order chi connectivity index (χ1) is 8.25. The lowest BCUT2D eigenvalue weighted by molar-refractivity contribution is 0.0536. The van der Waals surface area contributed by atoms with E-state index in [-0.39, 0.29) is 5.91 Å². The maximum absolute atomic E-state index is 12.6. The zero-order valence-electron chi connectivity index (χ0n) is 9.49. The number of hydrogen-bond donors (Lipinski definition) is 1. The van der Waals surface area contributed by atoms with E-state index in [9.17, 15) is 9.18 Å². The third-order valence-corrected chi connectivity index (χ3v) is 2.80. The number of pyridine rings is 1. The van der Waals surface area contributed by atoms with Gasteiger partial charge >= 0.3 is 0 Å². The molecule has 1 fully saturated rings. The molecule has 0 aliphatic carbocycles. The molecule has 2 heterocycles. The number of nitrogens with zero attached hydrogens (tertiary/aromatic N) is 1. The Kier molecular flexibility index (Phi) is 4.03. The second-order valence-corrected chi connectivity index (χ2v) is 4.16. The molecule has 2 rings (SSSR count). The van der Waals surface area contributed by atoms with Gasteiger partial charge in [0.15, 0.2) is 0 Å². The second-order valence-electron chi connectivity index (χ2n) is 4.16. The molecule has 1 aliphatic heterocycles. The Hall–Kier alpha value is -1.49. The SMILES string of the molecule is O=C(NCC1CCCOC1)c1ccc(F)nc1. The molecular formula is C12H15FN2O2. The molecule has 0 spiro atoms. The Bertz CT molecular complexity index is 375. The topological polar surface area (TPSA) is 51.2 Å². The molecule has 17 heavy (non-hydrogen) atoms. The summed E-state index contributed by atoms with van der Waals surface area (Å²) in [4.78, 5) is 15.1. The van der Waals surface area contributed by atoms with Crippen LogP contribution in [-0.4, -0.2) is 30.6 Å². The molecule has 1 aliphatic rings. The smallest absolute Gasteiger partial charge is 0.252 e. The average Bonchev–Trinajstić information content (AvgIpc) is 2.38. The lowest BCUT2D eigenvalue weighted by atomic mass is 10.0. The molecule has 0 bridgehead atoms. The van der Waals surface area contributed by atoms with Crippen molar-refractivity contribution >= 4 is 5.91 Å². The predicted octanol–water partition coefficient (Wildman–Crippen LogP) is 1.38. The van der Waals surface area contributed by atoms with Crippen molar-refractivity contribution in [2.45, 2.75) is 12.8 Å². The van der Waals surface area contributed by atoms with Crippen LogP contribution in [0.3, 0.4) is 0 Å². The summed E-state index contributed by atoms with van der Waals surface area (Å²) in [5, 5.41) is 2.81. The normalized spacial score (nSPS) is 19.9. The van der Waals surface area contributed by atoms with Crippen LogP contribution in [0.1, 0.15) is 23.2 Å². The van der Waals surface area contributed by atoms with Gasteiger partial charge < -0.3 is 10.1 Å². The van der Waals surface area contributed by atoms with Gasteiger partial charge in [-0.3, -0.25) is 4.79 Å². The zero-order chi connectivity index (χ0) is 12.1. The molecule has 1 N–H and O–H groups in total. The molecule has 1 amide bonds. The Balaban J connectivity index is 1.82. The summed E-state index contributed by atoms with van der Waals surface area (Å²) in [6.45, 7) is 2.10. The lowest BCUT2D eigenvalue weighted by Crippen LogP contribution is -2.33. The van der Waals surface area contributed by atoms with Gasteiger partial charge in [0.1, 0.15) is 0 Å². The van der Waals surface area contributed by atoms with Crippen LogP contribution in [0, 0.1) is 11.9 Å². The van der Waals surface area contributed by atoms with Crippen molar-refractivity contribution in [1.29, 1.82) is 0 Å². The fourth-order valence-electron chi connectivity index (χ4n) is 1.82. The number of ether oxygens (including phenoxy) is 1. The summed E-state index contributed by atoms with van der Waals surface area (Å²) in [6.07, 6.45) is 3.35. The summed E-state index contributed by atoms with van der Waals surface area (Å²) in [5.74, 6) is -0.425. The Labute approximate surface area is 99.2 Å². The van der Waals surface area contributed by atoms with Crippen LogP contribution in [0.4, 0.5) is 4.39 Å². The van der Waals surface area contributed by atoms with E-state index in [1.165, 1.54) is 18.3 Å². The van der Waals surface area contributed by atoms with Gasteiger partial charge in [-0.25, -0.2) is 4.98 Å². The van der Waals surface area contributed by atoms with Crippen LogP contribution in [0.2, 0.25) is 0 Å². The minimum Gasteiger partial charge on any atom is -0.381 e. The van der Waals surface area contributed by atoms with E-state index < -0.39 is 5.95 Å². The van der Waals surface area contributed by atoms with E-state index in [2.05, 4.69) is 10.3 Å². The Morgan fingerprint density at radius 1 is 1.59 bits per heavy atom. The summed E-state index contributed by atoms with van der Waals surface area (Å²) < 4.78 is 17.9. The third kappa shape index (κ3) is 3.49. The van der Waals surface area contributed by atoms with Gasteiger partial charge in [0.2, 0.25) is 5.95 Å². The van der Waals surface area contributed by atoms with Crippen LogP contribution in [0.25, 0.3) is 0 Å². The van der Waals surface area contributed by atoms with Crippen molar-refractivity contribution in [3.8, 4) is 0 Å². The number of aromatic nitrogens is 1. The molecule has 1 unspecified atom stereocenters. The van der Waals surface area contributed by atoms with Gasteiger partial charge in [0.05, 0.1) is 12.2 Å². The standard InChI is InChI=1S/C12H15FN2O2/c13-11-4-3-10(7-14-11)12(16)15-6-9-2-1-5-17-8-9/h3-4,7,9H,1-2,5-6,8H2,(H,15,16). The number of carbonyl (C=O) groups excluding carboxylic acids is 1. The van der Waals surface area contributed by atoms with Crippen LogP contribution < -0.4 is 5.32 Å². The summed E-state index contributed by atoms with van der Waals surface area (Å²) in [5.41, 5.74) is 0.378. The minimum atomic E-state index is -0.581. The van der Waals surface area contributed by atoms with Crippen molar-refractivity contribution in [2.75, 3.05) is 19.8 Å². The van der Waals surface area contributed by atoms with E-state index in [0.29, 0.717) is 24.6 Å². The van der Waals surface area contributed by atoms with E-state index in [1.54, 1.807) is 0 Å². The van der Waals surface area contributed by atoms with E-state index in [4.69, 9.17) is 4.74 Å². The molecule has 0 aromatic carbocycles. The first-order valence-electron chi connectivity index (χ1n) is 5.73. The number of rotatable bonds is 3. The maximum Gasteiger partial charge on any atom is 0.252 e. The number of hydrogen-bond acceptors (Lipinski definition) is 3. The lowest BCUT2D eigenvalue weighted by Gasteiger charge is -2.22. The summed E-state index contributed by atoms with van der Waals surface area (Å²) in [6, 6.07) is 2.60. The van der Waals surface area contributed by atoms with Crippen LogP contribution in [-0.2, 0) is 4.74 Å². The molecule has 4 nitrogen and oxygen atoms in total. The maximum atomic E-state index is 12.6. The monoisotopic (exact) mass is 238 g/mol. The van der Waals surface area contributed by atoms with Crippen molar-refractivity contribution in [3.05, 3.63) is 29.8 Å². The largest absolute Gasteiger partial charge is 0.381 e. The predicted molar refractivity (Wildman–Crippen MR) is 60.1 cm³/mol. The molecule has 92 valence electrons. The van der Waals surface area contributed by atoms with Gasteiger partial charge in [-0.15, -0.1) is 0 Å². The van der Waals surface area contributed by atoms with Gasteiger partial charge in [0, 0.05) is 19.3 Å². The Morgan fingerprint density at radius 3 is 3.12 bits per heavy atom. The zero-order valence-corrected chi connectivity index (χ0v) is 9.49. The average molecular weight is 238 g/mol. The van der Waals surface area contributed by atoms with Crippen molar-refractivity contribution in [3.63, 3.8) is 0 Å². The molecule has 1 aromatic rings. The molecule has 1 saturated heterocycles. The third-order valence-electron chi connectivity index (χ3n) is 2.80. The quantitative estimate of drug-likeness (QED) is 0.809. The molecular weight excluding hydrogens is 223 g/mol. The van der Waals surface area contributed by atoms with Crippen molar-refractivity contribution < 1.29 is 13.9 Å². The first-order valence-corrected chi connectivity index (χ1v) is 5.73. The molecule has 1 aromatic heterocycles. The fourth-order valence-corrected chi connectivity index (χ4v) is 1.82. The molecule has 5 heteroatoms. The number of nitrogens with one attached hydrogen (secondary N) is 1. The highest BCUT2D eigenvalue weighted by Crippen LogP contribution is 2.12. The Morgan fingerprint density at radius 2 is 2.47 bits per heavy atom. The highest BCUT2D eigenvalue weighted by atomic mass is 19.1. The highest BCUT2D eigenvalue weighted by Gasteiger charge is 2.15. The van der Waals surface area contributed by atoms with Crippen LogP contribution in [0.5, 0.6) is 0 Å². The van der Waals surface area contributed by atoms with E-state index in [1.807, 2.05) is 0 Å². The van der Waals surface area contributed by atoms with Crippen LogP contribution in [0.15, 0.2) is 18.3 Å². The van der Waals surface area contributed by atoms with Crippen molar-refractivity contribution in [2.24, 2.45) is 5.92 Å². The molecule has 0 radical (unpaired) electrons. The highest BCUT2D eigenvalue weighted by molar-refractivity contribution is 5.93. The second kappa shape index (κ2) is 5.72. The number of carbonyl (C=O) groups is 1. The van der Waals surface area contributed by atoms with E-state index >= 15 is 0 Å². The van der Waals surface area contributed by atoms with Crippen molar-refractivity contribution in [1.82, 2.24) is 10.3 Å². The summed E-state index contributed by atoms with van der Waals surface area (Å²) >= 11 is 0. The van der Waals surface area contributed by atoms with Crippen LogP contribution >= 0.6 is 0 Å². The van der Waals surface area contributed by atoms with Gasteiger partial charge in [-0.1, -0.05) is 0 Å². The first kappa shape index (κ1) is 12.0. The number of amides is 1. The van der Waals surface area contributed by atoms with Gasteiger partial charge in [0.25, 0.3) is 5.91 Å². The molecule has 0 saturated carbocycles. The summed E-state index contributed by atoms with van der Waals surface area (Å²) in [7, 11) is 0. The van der Waals surface area contributed by atoms with Gasteiger partial charge in [-0.05, 0) is 30.9 Å².